The monoisotopic (exact) mass is 404 g/mol. The number of halogens is 2. The highest BCUT2D eigenvalue weighted by molar-refractivity contribution is 6.31. The highest BCUT2D eigenvalue weighted by Gasteiger charge is 2.33. The van der Waals surface area contributed by atoms with Crippen LogP contribution in [0.15, 0.2) is 48.5 Å². The minimum absolute atomic E-state index is 0.0807. The molecular weight excluding hydrogens is 379 g/mol. The summed E-state index contributed by atoms with van der Waals surface area (Å²) < 4.78 is 18.9. The van der Waals surface area contributed by atoms with E-state index < -0.39 is 0 Å². The first-order valence-corrected chi connectivity index (χ1v) is 9.99. The average Bonchev–Trinajstić information content (AvgIpc) is 2.68. The summed E-state index contributed by atoms with van der Waals surface area (Å²) in [5.41, 5.74) is 0.901. The van der Waals surface area contributed by atoms with E-state index in [9.17, 15) is 9.18 Å². The van der Waals surface area contributed by atoms with Crippen LogP contribution in [0.5, 0.6) is 5.75 Å². The van der Waals surface area contributed by atoms with Gasteiger partial charge >= 0.3 is 0 Å². The Morgan fingerprint density at radius 2 is 1.89 bits per heavy atom. The Labute approximate surface area is 170 Å². The van der Waals surface area contributed by atoms with Crippen LogP contribution in [0.2, 0.25) is 5.02 Å². The van der Waals surface area contributed by atoms with Crippen molar-refractivity contribution in [2.24, 2.45) is 0 Å². The van der Waals surface area contributed by atoms with E-state index >= 15 is 0 Å². The number of amides is 1. The summed E-state index contributed by atoms with van der Waals surface area (Å²) in [5, 5.41) is 0.441. The van der Waals surface area contributed by atoms with Crippen LogP contribution >= 0.6 is 11.6 Å². The molecule has 0 bridgehead atoms. The Kier molecular flexibility index (Phi) is 6.92. The number of benzene rings is 2. The number of hydrogen-bond acceptors (Lipinski definition) is 3. The minimum atomic E-state index is -0.330. The third kappa shape index (κ3) is 5.03. The second-order valence-corrected chi connectivity index (χ2v) is 7.59. The van der Waals surface area contributed by atoms with Crippen LogP contribution in [0.4, 0.5) is 4.39 Å². The summed E-state index contributed by atoms with van der Waals surface area (Å²) >= 11 is 6.17. The Morgan fingerprint density at radius 1 is 1.14 bits per heavy atom. The fraction of sp³-hybridized carbons (Fsp3) is 0.409. The SMILES string of the molecule is C[C@@H]1[C@H](C)N(Cc2ccc(F)cc2Cl)CCN1C(=O)CCOc1ccccc1. The molecule has 6 heteroatoms. The molecule has 0 aliphatic carbocycles. The third-order valence-corrected chi connectivity index (χ3v) is 5.78. The molecule has 1 amide bonds. The molecule has 2 atom stereocenters. The van der Waals surface area contributed by atoms with Crippen molar-refractivity contribution in [2.75, 3.05) is 19.7 Å². The summed E-state index contributed by atoms with van der Waals surface area (Å²) in [6.07, 6.45) is 0.357. The zero-order chi connectivity index (χ0) is 20.1. The number of rotatable bonds is 6. The van der Waals surface area contributed by atoms with E-state index in [-0.39, 0.29) is 23.8 Å². The molecule has 1 heterocycles. The van der Waals surface area contributed by atoms with Gasteiger partial charge in [-0.2, -0.15) is 0 Å². The van der Waals surface area contributed by atoms with Gasteiger partial charge in [-0.25, -0.2) is 4.39 Å². The maximum Gasteiger partial charge on any atom is 0.226 e. The van der Waals surface area contributed by atoms with Crippen molar-refractivity contribution < 1.29 is 13.9 Å². The molecular formula is C22H26ClFN2O2. The molecule has 0 spiro atoms. The van der Waals surface area contributed by atoms with Gasteiger partial charge in [0.25, 0.3) is 0 Å². The second kappa shape index (κ2) is 9.39. The van der Waals surface area contributed by atoms with Gasteiger partial charge in [0.15, 0.2) is 0 Å². The first-order valence-electron chi connectivity index (χ1n) is 9.61. The minimum Gasteiger partial charge on any atom is -0.493 e. The molecule has 150 valence electrons. The van der Waals surface area contributed by atoms with Gasteiger partial charge in [0, 0.05) is 36.7 Å². The predicted octanol–water partition coefficient (Wildman–Crippen LogP) is 4.37. The lowest BCUT2D eigenvalue weighted by Crippen LogP contribution is -2.58. The van der Waals surface area contributed by atoms with Crippen LogP contribution in [-0.2, 0) is 11.3 Å². The van der Waals surface area contributed by atoms with E-state index in [1.807, 2.05) is 35.2 Å². The number of piperazine rings is 1. The van der Waals surface area contributed by atoms with Gasteiger partial charge in [-0.1, -0.05) is 35.9 Å². The van der Waals surface area contributed by atoms with Crippen molar-refractivity contribution in [1.29, 1.82) is 0 Å². The summed E-state index contributed by atoms with van der Waals surface area (Å²) in [5.74, 6) is 0.552. The second-order valence-electron chi connectivity index (χ2n) is 7.19. The lowest BCUT2D eigenvalue weighted by Gasteiger charge is -2.45. The maximum absolute atomic E-state index is 13.3. The van der Waals surface area contributed by atoms with Crippen LogP contribution in [0.3, 0.4) is 0 Å². The molecule has 1 fully saturated rings. The molecule has 0 unspecified atom stereocenters. The summed E-state index contributed by atoms with van der Waals surface area (Å²) in [6.45, 7) is 6.61. The highest BCUT2D eigenvalue weighted by Crippen LogP contribution is 2.24. The Morgan fingerprint density at radius 3 is 2.61 bits per heavy atom. The Hall–Kier alpha value is -2.11. The van der Waals surface area contributed by atoms with E-state index in [4.69, 9.17) is 16.3 Å². The smallest absolute Gasteiger partial charge is 0.226 e. The Balaban J connectivity index is 1.53. The summed E-state index contributed by atoms with van der Waals surface area (Å²) in [4.78, 5) is 16.9. The zero-order valence-corrected chi connectivity index (χ0v) is 17.0. The van der Waals surface area contributed by atoms with Gasteiger partial charge in [0.05, 0.1) is 13.0 Å². The van der Waals surface area contributed by atoms with Gasteiger partial charge in [0.1, 0.15) is 11.6 Å². The first kappa shape index (κ1) is 20.6. The molecule has 0 radical (unpaired) electrons. The molecule has 3 rings (SSSR count). The van der Waals surface area contributed by atoms with Crippen molar-refractivity contribution >= 4 is 17.5 Å². The largest absolute Gasteiger partial charge is 0.493 e. The van der Waals surface area contributed by atoms with Crippen molar-refractivity contribution in [3.8, 4) is 5.75 Å². The van der Waals surface area contributed by atoms with Crippen molar-refractivity contribution in [3.05, 3.63) is 64.9 Å². The molecule has 1 saturated heterocycles. The van der Waals surface area contributed by atoms with Crippen molar-refractivity contribution in [1.82, 2.24) is 9.80 Å². The molecule has 0 N–H and O–H groups in total. The molecule has 28 heavy (non-hydrogen) atoms. The first-order chi connectivity index (χ1) is 13.5. The van der Waals surface area contributed by atoms with Crippen LogP contribution < -0.4 is 4.74 Å². The van der Waals surface area contributed by atoms with E-state index in [0.29, 0.717) is 31.1 Å². The number of ether oxygens (including phenoxy) is 1. The lowest BCUT2D eigenvalue weighted by atomic mass is 10.0. The third-order valence-electron chi connectivity index (χ3n) is 5.43. The Bertz CT molecular complexity index is 802. The topological polar surface area (TPSA) is 32.8 Å². The number of nitrogens with zero attached hydrogens (tertiary/aromatic N) is 2. The molecule has 4 nitrogen and oxygen atoms in total. The molecule has 1 aliphatic heterocycles. The van der Waals surface area contributed by atoms with E-state index in [0.717, 1.165) is 17.9 Å². The van der Waals surface area contributed by atoms with E-state index in [1.54, 1.807) is 6.07 Å². The summed E-state index contributed by atoms with van der Waals surface area (Å²) in [6, 6.07) is 14.3. The van der Waals surface area contributed by atoms with Crippen molar-refractivity contribution in [2.45, 2.75) is 38.9 Å². The van der Waals surface area contributed by atoms with Crippen LogP contribution in [0.25, 0.3) is 0 Å². The van der Waals surface area contributed by atoms with Crippen LogP contribution in [0.1, 0.15) is 25.8 Å². The molecule has 0 saturated carbocycles. The fourth-order valence-electron chi connectivity index (χ4n) is 3.57. The number of hydrogen-bond donors (Lipinski definition) is 0. The fourth-order valence-corrected chi connectivity index (χ4v) is 3.80. The van der Waals surface area contributed by atoms with E-state index in [2.05, 4.69) is 18.7 Å². The normalized spacial score (nSPS) is 20.2. The molecule has 2 aromatic rings. The molecule has 0 aromatic heterocycles. The average molecular weight is 405 g/mol. The number of carbonyl (C=O) groups is 1. The van der Waals surface area contributed by atoms with E-state index in [1.165, 1.54) is 12.1 Å². The van der Waals surface area contributed by atoms with Crippen LogP contribution in [-0.4, -0.2) is 47.5 Å². The number of carbonyl (C=O) groups excluding carboxylic acids is 1. The predicted molar refractivity (Wildman–Crippen MR) is 109 cm³/mol. The zero-order valence-electron chi connectivity index (χ0n) is 16.3. The maximum atomic E-state index is 13.3. The standard InChI is InChI=1S/C22H26ClFN2O2/c1-16-17(2)26(22(27)10-13-28-20-6-4-3-5-7-20)12-11-25(16)15-18-8-9-19(24)14-21(18)23/h3-9,14,16-17H,10-13,15H2,1-2H3/t16-,17+/m0/s1. The highest BCUT2D eigenvalue weighted by atomic mass is 35.5. The molecule has 1 aliphatic rings. The van der Waals surface area contributed by atoms with Crippen LogP contribution in [0, 0.1) is 5.82 Å². The molecule has 2 aromatic carbocycles. The van der Waals surface area contributed by atoms with Gasteiger partial charge in [-0.15, -0.1) is 0 Å². The van der Waals surface area contributed by atoms with Gasteiger partial charge in [-0.3, -0.25) is 9.69 Å². The number of para-hydroxylation sites is 1. The summed E-state index contributed by atoms with van der Waals surface area (Å²) in [7, 11) is 0. The van der Waals surface area contributed by atoms with Crippen molar-refractivity contribution in [3.63, 3.8) is 0 Å². The van der Waals surface area contributed by atoms with Gasteiger partial charge < -0.3 is 9.64 Å². The van der Waals surface area contributed by atoms with Gasteiger partial charge in [0.2, 0.25) is 5.91 Å². The quantitative estimate of drug-likeness (QED) is 0.716. The lowest BCUT2D eigenvalue weighted by molar-refractivity contribution is -0.138. The van der Waals surface area contributed by atoms with Gasteiger partial charge in [-0.05, 0) is 43.7 Å².